The third-order valence-corrected chi connectivity index (χ3v) is 2.25. The van der Waals surface area contributed by atoms with Crippen LogP contribution in [0.4, 0.5) is 0 Å². The quantitative estimate of drug-likeness (QED) is 0.620. The van der Waals surface area contributed by atoms with Crippen LogP contribution < -0.4 is 5.32 Å². The second-order valence-corrected chi connectivity index (χ2v) is 2.97. The summed E-state index contributed by atoms with van der Waals surface area (Å²) >= 11 is 0. The maximum absolute atomic E-state index is 11.2. The third kappa shape index (κ3) is 1.93. The van der Waals surface area contributed by atoms with E-state index in [9.17, 15) is 4.79 Å². The minimum Gasteiger partial charge on any atom is -0.341 e. The van der Waals surface area contributed by atoms with Gasteiger partial charge in [0.05, 0.1) is 0 Å². The molecule has 0 saturated carbocycles. The molecule has 1 rings (SSSR count). The number of amides is 1. The van der Waals surface area contributed by atoms with Gasteiger partial charge in [0.15, 0.2) is 0 Å². The van der Waals surface area contributed by atoms with E-state index in [1.54, 1.807) is 0 Å². The van der Waals surface area contributed by atoms with Gasteiger partial charge in [-0.05, 0) is 13.5 Å². The monoisotopic (exact) mass is 156 g/mol. The Bertz CT molecular complexity index is 147. The van der Waals surface area contributed by atoms with Gasteiger partial charge in [-0.15, -0.1) is 0 Å². The van der Waals surface area contributed by atoms with E-state index in [1.807, 2.05) is 18.9 Å². The predicted molar refractivity (Wildman–Crippen MR) is 44.3 cm³/mol. The van der Waals surface area contributed by atoms with E-state index in [1.165, 1.54) is 0 Å². The van der Waals surface area contributed by atoms with E-state index in [4.69, 9.17) is 0 Å². The molecule has 1 heterocycles. The first-order valence-electron chi connectivity index (χ1n) is 4.23. The predicted octanol–water partition coefficient (Wildman–Crippen LogP) is 0.217. The lowest BCUT2D eigenvalue weighted by Gasteiger charge is -2.14. The van der Waals surface area contributed by atoms with Crippen LogP contribution in [0.15, 0.2) is 0 Å². The van der Waals surface area contributed by atoms with Crippen molar-refractivity contribution in [2.24, 2.45) is 0 Å². The summed E-state index contributed by atoms with van der Waals surface area (Å²) in [6, 6.07) is 0.519. The van der Waals surface area contributed by atoms with Crippen LogP contribution in [0.25, 0.3) is 0 Å². The summed E-state index contributed by atoms with van der Waals surface area (Å²) in [4.78, 5) is 13.1. The lowest BCUT2D eigenvalue weighted by molar-refractivity contribution is -0.129. The molecule has 0 aliphatic carbocycles. The molecular weight excluding hydrogens is 140 g/mol. The largest absolute Gasteiger partial charge is 0.341 e. The van der Waals surface area contributed by atoms with Gasteiger partial charge >= 0.3 is 0 Å². The second kappa shape index (κ2) is 3.72. The van der Waals surface area contributed by atoms with Gasteiger partial charge in [-0.2, -0.15) is 0 Å². The summed E-state index contributed by atoms with van der Waals surface area (Å²) in [6.45, 7) is 3.73. The Morgan fingerprint density at radius 1 is 1.73 bits per heavy atom. The number of likely N-dealkylation sites (N-methyl/N-ethyl adjacent to an activating group) is 1. The van der Waals surface area contributed by atoms with Crippen LogP contribution in [-0.2, 0) is 4.79 Å². The van der Waals surface area contributed by atoms with Crippen molar-refractivity contribution in [1.29, 1.82) is 0 Å². The Kier molecular flexibility index (Phi) is 2.88. The Labute approximate surface area is 67.8 Å². The van der Waals surface area contributed by atoms with Crippen molar-refractivity contribution in [3.63, 3.8) is 0 Å². The van der Waals surface area contributed by atoms with Crippen molar-refractivity contribution in [2.75, 3.05) is 20.1 Å². The van der Waals surface area contributed by atoms with Crippen molar-refractivity contribution < 1.29 is 4.79 Å². The van der Waals surface area contributed by atoms with Crippen LogP contribution in [0.1, 0.15) is 19.8 Å². The highest BCUT2D eigenvalue weighted by Gasteiger charge is 2.23. The van der Waals surface area contributed by atoms with E-state index in [0.717, 1.165) is 19.5 Å². The number of carbonyl (C=O) groups excluding carboxylic acids is 1. The van der Waals surface area contributed by atoms with Gasteiger partial charge in [-0.25, -0.2) is 0 Å². The number of nitrogens with zero attached hydrogens (tertiary/aromatic N) is 1. The van der Waals surface area contributed by atoms with Gasteiger partial charge in [0, 0.05) is 25.6 Å². The SMILES string of the molecule is CCC(=O)N1CCC(NC)C1. The van der Waals surface area contributed by atoms with E-state index in [-0.39, 0.29) is 5.91 Å². The van der Waals surface area contributed by atoms with Gasteiger partial charge in [0.2, 0.25) is 5.91 Å². The zero-order valence-corrected chi connectivity index (χ0v) is 7.26. The van der Waals surface area contributed by atoms with Crippen LogP contribution in [0.3, 0.4) is 0 Å². The van der Waals surface area contributed by atoms with Crippen LogP contribution in [0.5, 0.6) is 0 Å². The molecule has 64 valence electrons. The smallest absolute Gasteiger partial charge is 0.222 e. The van der Waals surface area contributed by atoms with E-state index < -0.39 is 0 Å². The average molecular weight is 156 g/mol. The first-order valence-corrected chi connectivity index (χ1v) is 4.23. The zero-order chi connectivity index (χ0) is 8.27. The average Bonchev–Trinajstić information content (AvgIpc) is 2.50. The molecule has 0 aromatic carbocycles. The van der Waals surface area contributed by atoms with Crippen molar-refractivity contribution in [3.8, 4) is 0 Å². The molecule has 1 unspecified atom stereocenters. The number of carbonyl (C=O) groups is 1. The molecule has 11 heavy (non-hydrogen) atoms. The summed E-state index contributed by atoms with van der Waals surface area (Å²) < 4.78 is 0. The molecule has 3 nitrogen and oxygen atoms in total. The van der Waals surface area contributed by atoms with E-state index >= 15 is 0 Å². The minimum absolute atomic E-state index is 0.280. The second-order valence-electron chi connectivity index (χ2n) is 2.97. The Morgan fingerprint density at radius 2 is 2.45 bits per heavy atom. The van der Waals surface area contributed by atoms with E-state index in [2.05, 4.69) is 5.32 Å². The van der Waals surface area contributed by atoms with Gasteiger partial charge in [-0.1, -0.05) is 6.92 Å². The highest BCUT2D eigenvalue weighted by molar-refractivity contribution is 5.76. The number of hydrogen-bond acceptors (Lipinski definition) is 2. The third-order valence-electron chi connectivity index (χ3n) is 2.25. The van der Waals surface area contributed by atoms with Gasteiger partial charge < -0.3 is 10.2 Å². The summed E-state index contributed by atoms with van der Waals surface area (Å²) in [7, 11) is 1.95. The Morgan fingerprint density at radius 3 is 2.91 bits per heavy atom. The first-order chi connectivity index (χ1) is 5.27. The molecule has 0 bridgehead atoms. The fourth-order valence-electron chi connectivity index (χ4n) is 1.45. The number of likely N-dealkylation sites (tertiary alicyclic amines) is 1. The van der Waals surface area contributed by atoms with Gasteiger partial charge in [0.1, 0.15) is 0 Å². The zero-order valence-electron chi connectivity index (χ0n) is 7.26. The fourth-order valence-corrected chi connectivity index (χ4v) is 1.45. The summed E-state index contributed by atoms with van der Waals surface area (Å²) in [5.41, 5.74) is 0. The minimum atomic E-state index is 0.280. The molecule has 1 fully saturated rings. The van der Waals surface area contributed by atoms with Crippen LogP contribution in [0, 0.1) is 0 Å². The molecule has 0 radical (unpaired) electrons. The Balaban J connectivity index is 2.35. The van der Waals surface area contributed by atoms with Crippen molar-refractivity contribution in [3.05, 3.63) is 0 Å². The molecule has 1 atom stereocenters. The van der Waals surface area contributed by atoms with Crippen molar-refractivity contribution in [2.45, 2.75) is 25.8 Å². The molecular formula is C8H16N2O. The molecule has 1 aliphatic rings. The maximum Gasteiger partial charge on any atom is 0.222 e. The molecule has 1 aliphatic heterocycles. The molecule has 0 spiro atoms. The lowest BCUT2D eigenvalue weighted by atomic mass is 10.3. The molecule has 1 amide bonds. The highest BCUT2D eigenvalue weighted by Crippen LogP contribution is 2.09. The number of nitrogens with one attached hydrogen (secondary N) is 1. The summed E-state index contributed by atoms with van der Waals surface area (Å²) in [5.74, 6) is 0.280. The number of rotatable bonds is 2. The normalized spacial score (nSPS) is 24.2. The molecule has 1 saturated heterocycles. The van der Waals surface area contributed by atoms with Gasteiger partial charge in [-0.3, -0.25) is 4.79 Å². The fraction of sp³-hybridized carbons (Fsp3) is 0.875. The molecule has 0 aromatic rings. The summed E-state index contributed by atoms with van der Waals surface area (Å²) in [6.07, 6.45) is 1.73. The van der Waals surface area contributed by atoms with Crippen LogP contribution in [-0.4, -0.2) is 37.0 Å². The lowest BCUT2D eigenvalue weighted by Crippen LogP contribution is -2.32. The molecule has 1 N–H and O–H groups in total. The Hall–Kier alpha value is -0.570. The number of hydrogen-bond donors (Lipinski definition) is 1. The van der Waals surface area contributed by atoms with Crippen LogP contribution in [0.2, 0.25) is 0 Å². The van der Waals surface area contributed by atoms with Gasteiger partial charge in [0.25, 0.3) is 0 Å². The molecule has 0 aromatic heterocycles. The van der Waals surface area contributed by atoms with E-state index in [0.29, 0.717) is 12.5 Å². The maximum atomic E-state index is 11.2. The van der Waals surface area contributed by atoms with Crippen molar-refractivity contribution >= 4 is 5.91 Å². The summed E-state index contributed by atoms with van der Waals surface area (Å²) in [5, 5.41) is 3.18. The highest BCUT2D eigenvalue weighted by atomic mass is 16.2. The topological polar surface area (TPSA) is 32.3 Å². The van der Waals surface area contributed by atoms with Crippen molar-refractivity contribution in [1.82, 2.24) is 10.2 Å². The molecule has 3 heteroatoms. The first kappa shape index (κ1) is 8.53. The standard InChI is InChI=1S/C8H16N2O/c1-3-8(11)10-5-4-7(6-10)9-2/h7,9H,3-6H2,1-2H3. The van der Waals surface area contributed by atoms with Crippen LogP contribution >= 0.6 is 0 Å².